The third-order valence-electron chi connectivity index (χ3n) is 3.30. The van der Waals surface area contributed by atoms with Crippen molar-refractivity contribution in [1.82, 2.24) is 5.32 Å². The van der Waals surface area contributed by atoms with E-state index >= 15 is 0 Å². The molecular formula is C13H27NO. The van der Waals surface area contributed by atoms with Crippen LogP contribution in [0.1, 0.15) is 52.4 Å². The van der Waals surface area contributed by atoms with Gasteiger partial charge in [0.05, 0.1) is 6.61 Å². The van der Waals surface area contributed by atoms with Gasteiger partial charge in [0.1, 0.15) is 0 Å². The second kappa shape index (κ2) is 7.24. The number of hydrogen-bond acceptors (Lipinski definition) is 2. The monoisotopic (exact) mass is 213 g/mol. The molecule has 1 rings (SSSR count). The molecule has 1 aliphatic rings. The topological polar surface area (TPSA) is 21.3 Å². The third-order valence-corrected chi connectivity index (χ3v) is 3.30. The van der Waals surface area contributed by atoms with E-state index in [9.17, 15) is 0 Å². The Balaban J connectivity index is 1.84. The van der Waals surface area contributed by atoms with Gasteiger partial charge in [0.15, 0.2) is 0 Å². The Kier molecular flexibility index (Phi) is 6.26. The lowest BCUT2D eigenvalue weighted by atomic mass is 10.0. The second-order valence-electron chi connectivity index (χ2n) is 4.89. The van der Waals surface area contributed by atoms with Crippen LogP contribution in [0.3, 0.4) is 0 Å². The van der Waals surface area contributed by atoms with Crippen LogP contribution in [0.25, 0.3) is 0 Å². The Labute approximate surface area is 94.8 Å². The van der Waals surface area contributed by atoms with Gasteiger partial charge in [0.2, 0.25) is 0 Å². The van der Waals surface area contributed by atoms with E-state index in [1.54, 1.807) is 0 Å². The first-order chi connectivity index (χ1) is 7.33. The van der Waals surface area contributed by atoms with Gasteiger partial charge in [-0.2, -0.15) is 0 Å². The highest BCUT2D eigenvalue weighted by atomic mass is 16.5. The Morgan fingerprint density at radius 3 is 2.53 bits per heavy atom. The summed E-state index contributed by atoms with van der Waals surface area (Å²) in [5, 5.41) is 3.52. The maximum atomic E-state index is 5.51. The Bertz CT molecular complexity index is 155. The molecule has 2 nitrogen and oxygen atoms in total. The van der Waals surface area contributed by atoms with E-state index in [0.29, 0.717) is 5.41 Å². The van der Waals surface area contributed by atoms with E-state index in [0.717, 1.165) is 19.8 Å². The normalized spacial score (nSPS) is 18.0. The lowest BCUT2D eigenvalue weighted by molar-refractivity contribution is 0.132. The maximum Gasteiger partial charge on any atom is 0.0590 e. The van der Waals surface area contributed by atoms with Crippen LogP contribution in [0.2, 0.25) is 0 Å². The average molecular weight is 213 g/mol. The predicted octanol–water partition coefficient (Wildman–Crippen LogP) is 2.97. The lowest BCUT2D eigenvalue weighted by Gasteiger charge is -2.14. The largest absolute Gasteiger partial charge is 0.380 e. The predicted molar refractivity (Wildman–Crippen MR) is 65.2 cm³/mol. The summed E-state index contributed by atoms with van der Waals surface area (Å²) in [5.74, 6) is 0. The molecule has 0 aromatic carbocycles. The Hall–Kier alpha value is -0.0800. The summed E-state index contributed by atoms with van der Waals surface area (Å²) in [4.78, 5) is 0. The Morgan fingerprint density at radius 2 is 1.93 bits per heavy atom. The van der Waals surface area contributed by atoms with Crippen molar-refractivity contribution in [2.24, 2.45) is 5.41 Å². The van der Waals surface area contributed by atoms with Crippen molar-refractivity contribution in [3.05, 3.63) is 0 Å². The highest BCUT2D eigenvalue weighted by Crippen LogP contribution is 2.48. The number of rotatable bonds is 10. The molecule has 1 fully saturated rings. The standard InChI is InChI=1S/C13H27NO/c1-3-5-10-15-11-9-14-12-13(6-4-2)7-8-13/h14H,3-12H2,1-2H3. The van der Waals surface area contributed by atoms with Crippen molar-refractivity contribution in [1.29, 1.82) is 0 Å². The summed E-state index contributed by atoms with van der Waals surface area (Å²) in [6.07, 6.45) is 8.02. The van der Waals surface area contributed by atoms with Crippen LogP contribution < -0.4 is 5.32 Å². The van der Waals surface area contributed by atoms with E-state index in [-0.39, 0.29) is 0 Å². The lowest BCUT2D eigenvalue weighted by Crippen LogP contribution is -2.27. The van der Waals surface area contributed by atoms with Crippen molar-refractivity contribution in [3.8, 4) is 0 Å². The van der Waals surface area contributed by atoms with Crippen molar-refractivity contribution in [2.75, 3.05) is 26.3 Å². The van der Waals surface area contributed by atoms with Gasteiger partial charge in [-0.15, -0.1) is 0 Å². The molecule has 0 saturated heterocycles. The molecule has 0 bridgehead atoms. The molecular weight excluding hydrogens is 186 g/mol. The van der Waals surface area contributed by atoms with Crippen molar-refractivity contribution in [2.45, 2.75) is 52.4 Å². The van der Waals surface area contributed by atoms with Crippen LogP contribution in [-0.2, 0) is 4.74 Å². The molecule has 15 heavy (non-hydrogen) atoms. The van der Waals surface area contributed by atoms with Gasteiger partial charge in [-0.05, 0) is 31.1 Å². The molecule has 1 saturated carbocycles. The summed E-state index contributed by atoms with van der Waals surface area (Å²) >= 11 is 0. The summed E-state index contributed by atoms with van der Waals surface area (Å²) in [6, 6.07) is 0. The van der Waals surface area contributed by atoms with Gasteiger partial charge in [-0.1, -0.05) is 26.7 Å². The maximum absolute atomic E-state index is 5.51. The molecule has 0 heterocycles. The summed E-state index contributed by atoms with van der Waals surface area (Å²) < 4.78 is 5.51. The molecule has 0 amide bonds. The molecule has 0 unspecified atom stereocenters. The zero-order valence-corrected chi connectivity index (χ0v) is 10.5. The van der Waals surface area contributed by atoms with E-state index in [2.05, 4.69) is 19.2 Å². The SMILES string of the molecule is CCCCOCCNCC1(CCC)CC1. The van der Waals surface area contributed by atoms with Gasteiger partial charge < -0.3 is 10.1 Å². The van der Waals surface area contributed by atoms with Crippen LogP contribution in [-0.4, -0.2) is 26.3 Å². The smallest absolute Gasteiger partial charge is 0.0590 e. The summed E-state index contributed by atoms with van der Waals surface area (Å²) in [6.45, 7) is 8.52. The van der Waals surface area contributed by atoms with E-state index in [1.807, 2.05) is 0 Å². The van der Waals surface area contributed by atoms with Crippen molar-refractivity contribution in [3.63, 3.8) is 0 Å². The number of ether oxygens (including phenoxy) is 1. The van der Waals surface area contributed by atoms with Gasteiger partial charge in [0, 0.05) is 19.7 Å². The van der Waals surface area contributed by atoms with Crippen LogP contribution in [0, 0.1) is 5.41 Å². The number of unbranched alkanes of at least 4 members (excludes halogenated alkanes) is 1. The zero-order chi connectivity index (χ0) is 11.0. The highest BCUT2D eigenvalue weighted by molar-refractivity contribution is 4.94. The second-order valence-corrected chi connectivity index (χ2v) is 4.89. The van der Waals surface area contributed by atoms with E-state index < -0.39 is 0 Å². The molecule has 0 spiro atoms. The van der Waals surface area contributed by atoms with Gasteiger partial charge in [0.25, 0.3) is 0 Å². The Morgan fingerprint density at radius 1 is 1.13 bits per heavy atom. The number of nitrogens with one attached hydrogen (secondary N) is 1. The zero-order valence-electron chi connectivity index (χ0n) is 10.5. The quantitative estimate of drug-likeness (QED) is 0.563. The third kappa shape index (κ3) is 5.53. The first-order valence-corrected chi connectivity index (χ1v) is 6.61. The fourth-order valence-electron chi connectivity index (χ4n) is 2.07. The van der Waals surface area contributed by atoms with Gasteiger partial charge >= 0.3 is 0 Å². The summed E-state index contributed by atoms with van der Waals surface area (Å²) in [5.41, 5.74) is 0.679. The molecule has 1 aliphatic carbocycles. The van der Waals surface area contributed by atoms with Crippen LogP contribution in [0.4, 0.5) is 0 Å². The van der Waals surface area contributed by atoms with E-state index in [4.69, 9.17) is 4.74 Å². The average Bonchev–Trinajstić information content (AvgIpc) is 2.98. The van der Waals surface area contributed by atoms with Crippen LogP contribution >= 0.6 is 0 Å². The minimum Gasteiger partial charge on any atom is -0.380 e. The first kappa shape index (κ1) is 13.0. The fraction of sp³-hybridized carbons (Fsp3) is 1.00. The minimum absolute atomic E-state index is 0.679. The van der Waals surface area contributed by atoms with Crippen LogP contribution in [0.5, 0.6) is 0 Å². The molecule has 0 radical (unpaired) electrons. The van der Waals surface area contributed by atoms with Crippen molar-refractivity contribution >= 4 is 0 Å². The van der Waals surface area contributed by atoms with Crippen LogP contribution in [0.15, 0.2) is 0 Å². The molecule has 0 aromatic rings. The van der Waals surface area contributed by atoms with E-state index in [1.165, 1.54) is 45.1 Å². The number of hydrogen-bond donors (Lipinski definition) is 1. The fourth-order valence-corrected chi connectivity index (χ4v) is 2.07. The minimum atomic E-state index is 0.679. The molecule has 0 aromatic heterocycles. The first-order valence-electron chi connectivity index (χ1n) is 6.61. The van der Waals surface area contributed by atoms with Gasteiger partial charge in [-0.3, -0.25) is 0 Å². The summed E-state index contributed by atoms with van der Waals surface area (Å²) in [7, 11) is 0. The molecule has 2 heteroatoms. The molecule has 1 N–H and O–H groups in total. The highest BCUT2D eigenvalue weighted by Gasteiger charge is 2.40. The van der Waals surface area contributed by atoms with Gasteiger partial charge in [-0.25, -0.2) is 0 Å². The molecule has 0 aliphatic heterocycles. The molecule has 0 atom stereocenters. The van der Waals surface area contributed by atoms with Crippen molar-refractivity contribution < 1.29 is 4.74 Å². The molecule has 90 valence electrons.